The SMILES string of the molecule is CSc1ncnn2c([C@@H]3O[C@H](COCc4ccccc4)[C@@H](OCc4ccccc4)[C@@H]3F)cnc12. The second-order valence-corrected chi connectivity index (χ2v) is 8.78. The summed E-state index contributed by atoms with van der Waals surface area (Å²) in [4.78, 5) is 8.65. The van der Waals surface area contributed by atoms with Crippen LogP contribution in [0, 0.1) is 0 Å². The van der Waals surface area contributed by atoms with Crippen LogP contribution >= 0.6 is 11.8 Å². The van der Waals surface area contributed by atoms with Crippen molar-refractivity contribution >= 4 is 17.4 Å². The predicted octanol–water partition coefficient (Wildman–Crippen LogP) is 4.43. The Morgan fingerprint density at radius 3 is 2.41 bits per heavy atom. The van der Waals surface area contributed by atoms with E-state index in [1.807, 2.05) is 66.9 Å². The molecule has 0 spiro atoms. The number of alkyl halides is 1. The largest absolute Gasteiger partial charge is 0.374 e. The molecule has 7 nitrogen and oxygen atoms in total. The van der Waals surface area contributed by atoms with Crippen LogP contribution in [0.25, 0.3) is 5.65 Å². The summed E-state index contributed by atoms with van der Waals surface area (Å²) in [6.07, 6.45) is 1.27. The summed E-state index contributed by atoms with van der Waals surface area (Å²) in [5, 5.41) is 5.00. The van der Waals surface area contributed by atoms with E-state index < -0.39 is 24.5 Å². The molecule has 4 atom stereocenters. The van der Waals surface area contributed by atoms with Crippen molar-refractivity contribution in [2.24, 2.45) is 0 Å². The highest BCUT2D eigenvalue weighted by Crippen LogP contribution is 2.38. The Labute approximate surface area is 201 Å². The van der Waals surface area contributed by atoms with E-state index in [1.165, 1.54) is 18.1 Å². The average molecular weight is 481 g/mol. The molecule has 0 saturated carbocycles. The van der Waals surface area contributed by atoms with E-state index in [4.69, 9.17) is 14.2 Å². The summed E-state index contributed by atoms with van der Waals surface area (Å²) in [5.74, 6) is 0. The van der Waals surface area contributed by atoms with Crippen molar-refractivity contribution in [3.05, 3.63) is 90.0 Å². The first-order valence-corrected chi connectivity index (χ1v) is 12.3. The molecular formula is C25H25FN4O3S. The fourth-order valence-corrected chi connectivity index (χ4v) is 4.54. The highest BCUT2D eigenvalue weighted by molar-refractivity contribution is 7.98. The fraction of sp³-hybridized carbons (Fsp3) is 0.320. The monoisotopic (exact) mass is 480 g/mol. The van der Waals surface area contributed by atoms with Crippen molar-refractivity contribution in [2.75, 3.05) is 12.9 Å². The molecule has 0 radical (unpaired) electrons. The highest BCUT2D eigenvalue weighted by atomic mass is 32.2. The zero-order valence-electron chi connectivity index (χ0n) is 18.7. The van der Waals surface area contributed by atoms with Crippen LogP contribution in [-0.4, -0.2) is 50.8 Å². The summed E-state index contributed by atoms with van der Waals surface area (Å²) in [6, 6.07) is 19.5. The molecule has 176 valence electrons. The zero-order valence-corrected chi connectivity index (χ0v) is 19.5. The smallest absolute Gasteiger partial charge is 0.186 e. The van der Waals surface area contributed by atoms with Gasteiger partial charge in [-0.25, -0.2) is 18.9 Å². The number of ether oxygens (including phenoxy) is 3. The Balaban J connectivity index is 1.35. The molecule has 2 aromatic heterocycles. The van der Waals surface area contributed by atoms with Gasteiger partial charge in [0.1, 0.15) is 29.7 Å². The molecule has 0 bridgehead atoms. The molecule has 3 heterocycles. The van der Waals surface area contributed by atoms with Gasteiger partial charge in [0.15, 0.2) is 11.8 Å². The molecule has 34 heavy (non-hydrogen) atoms. The van der Waals surface area contributed by atoms with Crippen molar-refractivity contribution in [3.63, 3.8) is 0 Å². The van der Waals surface area contributed by atoms with Gasteiger partial charge in [-0.05, 0) is 17.4 Å². The Morgan fingerprint density at radius 2 is 1.71 bits per heavy atom. The molecule has 0 aliphatic carbocycles. The molecule has 0 N–H and O–H groups in total. The van der Waals surface area contributed by atoms with Crippen LogP contribution in [0.1, 0.15) is 22.9 Å². The second kappa shape index (κ2) is 10.6. The summed E-state index contributed by atoms with van der Waals surface area (Å²) in [5.41, 5.74) is 3.11. The van der Waals surface area contributed by atoms with Crippen molar-refractivity contribution in [3.8, 4) is 0 Å². The molecule has 9 heteroatoms. The van der Waals surface area contributed by atoms with Crippen molar-refractivity contribution in [1.29, 1.82) is 0 Å². The van der Waals surface area contributed by atoms with Crippen molar-refractivity contribution in [1.82, 2.24) is 19.6 Å². The van der Waals surface area contributed by atoms with Gasteiger partial charge in [-0.3, -0.25) is 0 Å². The molecule has 0 unspecified atom stereocenters. The van der Waals surface area contributed by atoms with E-state index in [9.17, 15) is 0 Å². The van der Waals surface area contributed by atoms with Gasteiger partial charge in [0.25, 0.3) is 0 Å². The molecular weight excluding hydrogens is 455 g/mol. The first-order valence-electron chi connectivity index (χ1n) is 11.0. The molecule has 1 aliphatic rings. The Hall–Kier alpha value is -2.85. The van der Waals surface area contributed by atoms with Gasteiger partial charge in [0.2, 0.25) is 0 Å². The van der Waals surface area contributed by atoms with Gasteiger partial charge in [0, 0.05) is 0 Å². The normalized spacial score (nSPS) is 22.4. The van der Waals surface area contributed by atoms with Gasteiger partial charge in [-0.1, -0.05) is 60.7 Å². The maximum absolute atomic E-state index is 15.8. The minimum Gasteiger partial charge on any atom is -0.374 e. The highest BCUT2D eigenvalue weighted by Gasteiger charge is 2.48. The van der Waals surface area contributed by atoms with Crippen molar-refractivity contribution < 1.29 is 18.6 Å². The van der Waals surface area contributed by atoms with Gasteiger partial charge in [-0.2, -0.15) is 5.10 Å². The number of hydrogen-bond acceptors (Lipinski definition) is 7. The molecule has 5 rings (SSSR count). The van der Waals surface area contributed by atoms with Gasteiger partial charge < -0.3 is 14.2 Å². The van der Waals surface area contributed by atoms with E-state index in [0.29, 0.717) is 23.0 Å². The lowest BCUT2D eigenvalue weighted by molar-refractivity contribution is -0.0742. The molecule has 1 saturated heterocycles. The summed E-state index contributed by atoms with van der Waals surface area (Å²) >= 11 is 1.46. The number of fused-ring (bicyclic) bond motifs is 1. The van der Waals surface area contributed by atoms with Crippen LogP contribution in [0.15, 0.2) is 78.2 Å². The number of thioether (sulfide) groups is 1. The Bertz CT molecular complexity index is 1210. The zero-order chi connectivity index (χ0) is 23.3. The van der Waals surface area contributed by atoms with Gasteiger partial charge in [-0.15, -0.1) is 11.8 Å². The van der Waals surface area contributed by atoms with Crippen LogP contribution < -0.4 is 0 Å². The van der Waals surface area contributed by atoms with E-state index in [0.717, 1.165) is 11.1 Å². The third-order valence-electron chi connectivity index (χ3n) is 5.75. The minimum atomic E-state index is -1.42. The van der Waals surface area contributed by atoms with Crippen LogP contribution in [0.5, 0.6) is 0 Å². The van der Waals surface area contributed by atoms with Crippen molar-refractivity contribution in [2.45, 2.75) is 42.7 Å². The minimum absolute atomic E-state index is 0.201. The number of benzene rings is 2. The topological polar surface area (TPSA) is 70.8 Å². The summed E-state index contributed by atoms with van der Waals surface area (Å²) in [7, 11) is 0. The maximum Gasteiger partial charge on any atom is 0.186 e. The maximum atomic E-state index is 15.8. The lowest BCUT2D eigenvalue weighted by Gasteiger charge is -2.20. The number of imidazole rings is 1. The van der Waals surface area contributed by atoms with E-state index in [1.54, 1.807) is 10.7 Å². The summed E-state index contributed by atoms with van der Waals surface area (Å²) < 4.78 is 35.6. The van der Waals surface area contributed by atoms with Crippen LogP contribution in [0.4, 0.5) is 4.39 Å². The number of halogens is 1. The van der Waals surface area contributed by atoms with E-state index in [-0.39, 0.29) is 13.2 Å². The lowest BCUT2D eigenvalue weighted by Crippen LogP contribution is -2.34. The molecule has 0 amide bonds. The van der Waals surface area contributed by atoms with Gasteiger partial charge >= 0.3 is 0 Å². The third kappa shape index (κ3) is 4.83. The van der Waals surface area contributed by atoms with Gasteiger partial charge in [0.05, 0.1) is 31.7 Å². The molecule has 4 aromatic rings. The predicted molar refractivity (Wildman–Crippen MR) is 126 cm³/mol. The molecule has 1 fully saturated rings. The number of rotatable bonds is 9. The quantitative estimate of drug-likeness (QED) is 0.328. The fourth-order valence-electron chi connectivity index (χ4n) is 4.07. The van der Waals surface area contributed by atoms with Crippen LogP contribution in [-0.2, 0) is 27.4 Å². The average Bonchev–Trinajstić information content (AvgIpc) is 3.44. The standard InChI is InChI=1S/C25H25FN4O3S/c1-34-25-24-27-12-19(30(24)29-16-28-25)22-21(26)23(32-14-18-10-6-3-7-11-18)20(33-22)15-31-13-17-8-4-2-5-9-17/h2-12,16,20-23H,13-15H2,1H3/t20-,21-,22+,23-/m1/s1. The van der Waals surface area contributed by atoms with Crippen LogP contribution in [0.2, 0.25) is 0 Å². The third-order valence-corrected chi connectivity index (χ3v) is 6.43. The van der Waals surface area contributed by atoms with E-state index >= 15 is 4.39 Å². The van der Waals surface area contributed by atoms with Crippen LogP contribution in [0.3, 0.4) is 0 Å². The Morgan fingerprint density at radius 1 is 1.00 bits per heavy atom. The molecule has 1 aliphatic heterocycles. The first kappa shape index (κ1) is 22.9. The summed E-state index contributed by atoms with van der Waals surface area (Å²) in [6.45, 7) is 0.893. The van der Waals surface area contributed by atoms with E-state index in [2.05, 4.69) is 15.1 Å². The number of aromatic nitrogens is 4. The number of nitrogens with zero attached hydrogens (tertiary/aromatic N) is 4. The number of hydrogen-bond donors (Lipinski definition) is 0. The Kier molecular flexibility index (Phi) is 7.15. The lowest BCUT2D eigenvalue weighted by atomic mass is 10.1. The first-order chi connectivity index (χ1) is 16.7. The molecule has 2 aromatic carbocycles. The second-order valence-electron chi connectivity index (χ2n) is 7.99.